The highest BCUT2D eigenvalue weighted by Gasteiger charge is 2.26. The van der Waals surface area contributed by atoms with Crippen molar-refractivity contribution in [2.75, 3.05) is 24.6 Å². The van der Waals surface area contributed by atoms with Crippen LogP contribution >= 0.6 is 11.8 Å². The lowest BCUT2D eigenvalue weighted by Gasteiger charge is -2.21. The minimum atomic E-state index is 0.221. The normalized spacial score (nSPS) is 21.1. The molecule has 1 fully saturated rings. The second kappa shape index (κ2) is 5.18. The van der Waals surface area contributed by atoms with E-state index in [4.69, 9.17) is 6.42 Å². The monoisotopic (exact) mass is 197 g/mol. The van der Waals surface area contributed by atoms with E-state index in [0.29, 0.717) is 6.54 Å². The fourth-order valence-corrected chi connectivity index (χ4v) is 2.65. The van der Waals surface area contributed by atoms with Crippen LogP contribution in [0.25, 0.3) is 0 Å². The minimum Gasteiger partial charge on any atom is -0.332 e. The Bertz CT molecular complexity index is 215. The smallest absolute Gasteiger partial charge is 0.227 e. The van der Waals surface area contributed by atoms with E-state index in [1.54, 1.807) is 4.90 Å². The first-order valence-electron chi connectivity index (χ1n) is 4.59. The Morgan fingerprint density at radius 2 is 2.54 bits per heavy atom. The van der Waals surface area contributed by atoms with Gasteiger partial charge < -0.3 is 4.90 Å². The van der Waals surface area contributed by atoms with Crippen molar-refractivity contribution < 1.29 is 4.79 Å². The Morgan fingerprint density at radius 3 is 3.00 bits per heavy atom. The third kappa shape index (κ3) is 2.67. The SMILES string of the molecule is C#CCN(CC)C(=O)C1CCSC1. The van der Waals surface area contributed by atoms with Gasteiger partial charge in [0.15, 0.2) is 0 Å². The summed E-state index contributed by atoms with van der Waals surface area (Å²) in [5.41, 5.74) is 0. The fraction of sp³-hybridized carbons (Fsp3) is 0.700. The van der Waals surface area contributed by atoms with Crippen molar-refractivity contribution in [3.8, 4) is 12.3 Å². The third-order valence-corrected chi connectivity index (χ3v) is 3.42. The van der Waals surface area contributed by atoms with E-state index in [0.717, 1.165) is 24.5 Å². The average Bonchev–Trinajstić information content (AvgIpc) is 2.65. The van der Waals surface area contributed by atoms with Crippen LogP contribution in [-0.2, 0) is 4.79 Å². The average molecular weight is 197 g/mol. The molecule has 0 spiro atoms. The summed E-state index contributed by atoms with van der Waals surface area (Å²) in [7, 11) is 0. The van der Waals surface area contributed by atoms with E-state index >= 15 is 0 Å². The molecule has 0 aromatic rings. The lowest BCUT2D eigenvalue weighted by atomic mass is 10.1. The molecule has 0 aromatic carbocycles. The van der Waals surface area contributed by atoms with Crippen molar-refractivity contribution in [2.45, 2.75) is 13.3 Å². The predicted molar refractivity (Wildman–Crippen MR) is 56.5 cm³/mol. The van der Waals surface area contributed by atoms with E-state index in [2.05, 4.69) is 5.92 Å². The molecule has 1 rings (SSSR count). The molecule has 0 saturated carbocycles. The Balaban J connectivity index is 2.48. The fourth-order valence-electron chi connectivity index (χ4n) is 1.44. The molecule has 1 saturated heterocycles. The Morgan fingerprint density at radius 1 is 1.77 bits per heavy atom. The maximum absolute atomic E-state index is 11.8. The van der Waals surface area contributed by atoms with Crippen molar-refractivity contribution in [2.24, 2.45) is 5.92 Å². The Kier molecular flexibility index (Phi) is 4.17. The number of carbonyl (C=O) groups is 1. The number of amides is 1. The molecule has 0 bridgehead atoms. The highest BCUT2D eigenvalue weighted by molar-refractivity contribution is 7.99. The first kappa shape index (κ1) is 10.5. The Labute approximate surface area is 84.1 Å². The summed E-state index contributed by atoms with van der Waals surface area (Å²) in [6.07, 6.45) is 6.21. The zero-order chi connectivity index (χ0) is 9.68. The molecule has 13 heavy (non-hydrogen) atoms. The maximum atomic E-state index is 11.8. The van der Waals surface area contributed by atoms with Crippen LogP contribution in [0, 0.1) is 18.3 Å². The molecule has 1 heterocycles. The molecular weight excluding hydrogens is 182 g/mol. The van der Waals surface area contributed by atoms with Gasteiger partial charge in [-0.15, -0.1) is 6.42 Å². The lowest BCUT2D eigenvalue weighted by molar-refractivity contribution is -0.133. The predicted octanol–water partition coefficient (Wildman–Crippen LogP) is 1.22. The molecule has 1 aliphatic heterocycles. The number of rotatable bonds is 3. The van der Waals surface area contributed by atoms with E-state index in [-0.39, 0.29) is 11.8 Å². The summed E-state index contributed by atoms with van der Waals surface area (Å²) in [6.45, 7) is 3.15. The molecule has 1 aliphatic rings. The van der Waals surface area contributed by atoms with Gasteiger partial charge >= 0.3 is 0 Å². The molecule has 0 radical (unpaired) electrons. The van der Waals surface area contributed by atoms with Crippen LogP contribution in [-0.4, -0.2) is 35.4 Å². The van der Waals surface area contributed by atoms with Crippen molar-refractivity contribution >= 4 is 17.7 Å². The first-order valence-corrected chi connectivity index (χ1v) is 5.75. The quantitative estimate of drug-likeness (QED) is 0.634. The summed E-state index contributed by atoms with van der Waals surface area (Å²) in [6, 6.07) is 0. The van der Waals surface area contributed by atoms with Gasteiger partial charge in [-0.2, -0.15) is 11.8 Å². The van der Waals surface area contributed by atoms with Crippen LogP contribution in [0.2, 0.25) is 0 Å². The number of carbonyl (C=O) groups excluding carboxylic acids is 1. The van der Waals surface area contributed by atoms with Gasteiger partial charge in [0.1, 0.15) is 0 Å². The van der Waals surface area contributed by atoms with Gasteiger partial charge in [0.2, 0.25) is 5.91 Å². The molecule has 2 nitrogen and oxygen atoms in total. The van der Waals surface area contributed by atoms with Crippen molar-refractivity contribution in [3.05, 3.63) is 0 Å². The third-order valence-electron chi connectivity index (χ3n) is 2.25. The van der Waals surface area contributed by atoms with Gasteiger partial charge in [0.05, 0.1) is 6.54 Å². The summed E-state index contributed by atoms with van der Waals surface area (Å²) >= 11 is 1.86. The number of nitrogens with zero attached hydrogens (tertiary/aromatic N) is 1. The molecule has 0 N–H and O–H groups in total. The van der Waals surface area contributed by atoms with Crippen LogP contribution in [0.1, 0.15) is 13.3 Å². The van der Waals surface area contributed by atoms with Crippen molar-refractivity contribution in [1.29, 1.82) is 0 Å². The second-order valence-corrected chi connectivity index (χ2v) is 4.27. The van der Waals surface area contributed by atoms with Gasteiger partial charge in [-0.05, 0) is 19.1 Å². The largest absolute Gasteiger partial charge is 0.332 e. The van der Waals surface area contributed by atoms with E-state index in [1.165, 1.54) is 0 Å². The Hall–Kier alpha value is -0.620. The summed E-state index contributed by atoms with van der Waals surface area (Å²) in [5.74, 6) is 5.07. The zero-order valence-corrected chi connectivity index (χ0v) is 8.77. The molecule has 1 atom stereocenters. The van der Waals surface area contributed by atoms with E-state index in [9.17, 15) is 4.79 Å². The van der Waals surface area contributed by atoms with Gasteiger partial charge in [-0.25, -0.2) is 0 Å². The highest BCUT2D eigenvalue weighted by atomic mass is 32.2. The van der Waals surface area contributed by atoms with Gasteiger partial charge in [0.25, 0.3) is 0 Å². The van der Waals surface area contributed by atoms with Crippen molar-refractivity contribution in [3.63, 3.8) is 0 Å². The number of thioether (sulfide) groups is 1. The summed E-state index contributed by atoms with van der Waals surface area (Å²) < 4.78 is 0. The molecule has 1 unspecified atom stereocenters. The molecule has 0 aromatic heterocycles. The van der Waals surface area contributed by atoms with E-state index in [1.807, 2.05) is 18.7 Å². The maximum Gasteiger partial charge on any atom is 0.227 e. The van der Waals surface area contributed by atoms with Crippen LogP contribution in [0.3, 0.4) is 0 Å². The number of hydrogen-bond acceptors (Lipinski definition) is 2. The van der Waals surface area contributed by atoms with Crippen LogP contribution in [0.5, 0.6) is 0 Å². The second-order valence-electron chi connectivity index (χ2n) is 3.12. The zero-order valence-electron chi connectivity index (χ0n) is 7.95. The number of terminal acetylenes is 1. The van der Waals surface area contributed by atoms with E-state index < -0.39 is 0 Å². The standard InChI is InChI=1S/C10H15NOS/c1-3-6-11(4-2)10(12)9-5-7-13-8-9/h1,9H,4-8H2,2H3. The minimum absolute atomic E-state index is 0.221. The molecule has 3 heteroatoms. The van der Waals surface area contributed by atoms with Crippen LogP contribution in [0.15, 0.2) is 0 Å². The topological polar surface area (TPSA) is 20.3 Å². The first-order chi connectivity index (χ1) is 6.29. The molecule has 1 amide bonds. The molecular formula is C10H15NOS. The number of hydrogen-bond donors (Lipinski definition) is 0. The lowest BCUT2D eigenvalue weighted by Crippen LogP contribution is -2.36. The van der Waals surface area contributed by atoms with Gasteiger partial charge in [-0.1, -0.05) is 5.92 Å². The summed E-state index contributed by atoms with van der Waals surface area (Å²) in [5, 5.41) is 0. The van der Waals surface area contributed by atoms with Crippen LogP contribution < -0.4 is 0 Å². The molecule has 0 aliphatic carbocycles. The summed E-state index contributed by atoms with van der Waals surface area (Å²) in [4.78, 5) is 13.5. The van der Waals surface area contributed by atoms with Gasteiger partial charge in [-0.3, -0.25) is 4.79 Å². The van der Waals surface area contributed by atoms with Crippen LogP contribution in [0.4, 0.5) is 0 Å². The van der Waals surface area contributed by atoms with Crippen molar-refractivity contribution in [1.82, 2.24) is 4.90 Å². The van der Waals surface area contributed by atoms with Gasteiger partial charge in [0, 0.05) is 18.2 Å². The molecule has 72 valence electrons. The highest BCUT2D eigenvalue weighted by Crippen LogP contribution is 2.24.